The van der Waals surface area contributed by atoms with Crippen LogP contribution in [0.1, 0.15) is 32.6 Å². The molecule has 1 aliphatic heterocycles. The first-order valence-electron chi connectivity index (χ1n) is 5.19. The van der Waals surface area contributed by atoms with Gasteiger partial charge in [-0.25, -0.2) is 0 Å². The van der Waals surface area contributed by atoms with Gasteiger partial charge < -0.3 is 10.1 Å². The molecule has 1 unspecified atom stereocenters. The van der Waals surface area contributed by atoms with E-state index in [0.29, 0.717) is 18.9 Å². The minimum atomic E-state index is -0.0481. The average Bonchev–Trinajstić information content (AvgIpc) is 2.17. The standard InChI is InChI=1S/C10H19NO2/c1-2-13-10(12)6-5-9-4-3-7-11-8-9/h9,11H,2-8H2,1H3. The van der Waals surface area contributed by atoms with Crippen LogP contribution in [0.3, 0.4) is 0 Å². The number of hydrogen-bond donors (Lipinski definition) is 1. The Hall–Kier alpha value is -0.570. The molecule has 0 saturated carbocycles. The lowest BCUT2D eigenvalue weighted by atomic mass is 9.95. The number of carbonyl (C=O) groups is 1. The van der Waals surface area contributed by atoms with Crippen LogP contribution in [0, 0.1) is 5.92 Å². The van der Waals surface area contributed by atoms with Crippen LogP contribution in [0.4, 0.5) is 0 Å². The first kappa shape index (κ1) is 10.5. The third-order valence-corrected chi connectivity index (χ3v) is 2.46. The van der Waals surface area contributed by atoms with E-state index in [9.17, 15) is 4.79 Å². The molecular weight excluding hydrogens is 166 g/mol. The van der Waals surface area contributed by atoms with Gasteiger partial charge in [-0.05, 0) is 45.2 Å². The predicted octanol–water partition coefficient (Wildman–Crippen LogP) is 1.33. The molecule has 1 atom stereocenters. The molecule has 0 radical (unpaired) electrons. The van der Waals surface area contributed by atoms with Crippen molar-refractivity contribution in [2.45, 2.75) is 32.6 Å². The number of nitrogens with one attached hydrogen (secondary N) is 1. The largest absolute Gasteiger partial charge is 0.466 e. The van der Waals surface area contributed by atoms with Crippen LogP contribution in [0.5, 0.6) is 0 Å². The highest BCUT2D eigenvalue weighted by Crippen LogP contribution is 2.15. The van der Waals surface area contributed by atoms with E-state index in [0.717, 1.165) is 19.5 Å². The van der Waals surface area contributed by atoms with Gasteiger partial charge in [0.05, 0.1) is 6.61 Å². The molecule has 1 fully saturated rings. The van der Waals surface area contributed by atoms with Crippen LogP contribution in [0.15, 0.2) is 0 Å². The van der Waals surface area contributed by atoms with Crippen molar-refractivity contribution in [1.29, 1.82) is 0 Å². The van der Waals surface area contributed by atoms with Crippen molar-refractivity contribution >= 4 is 5.97 Å². The van der Waals surface area contributed by atoms with E-state index >= 15 is 0 Å². The van der Waals surface area contributed by atoms with Gasteiger partial charge in [0, 0.05) is 6.42 Å². The molecule has 0 bridgehead atoms. The van der Waals surface area contributed by atoms with Crippen molar-refractivity contribution in [2.75, 3.05) is 19.7 Å². The van der Waals surface area contributed by atoms with Crippen molar-refractivity contribution in [2.24, 2.45) is 5.92 Å². The van der Waals surface area contributed by atoms with Crippen LogP contribution in [0.2, 0.25) is 0 Å². The molecule has 1 heterocycles. The predicted molar refractivity (Wildman–Crippen MR) is 51.5 cm³/mol. The van der Waals surface area contributed by atoms with Crippen molar-refractivity contribution in [3.05, 3.63) is 0 Å². The summed E-state index contributed by atoms with van der Waals surface area (Å²) in [7, 11) is 0. The van der Waals surface area contributed by atoms with Crippen molar-refractivity contribution in [3.63, 3.8) is 0 Å². The molecule has 3 nitrogen and oxygen atoms in total. The molecule has 76 valence electrons. The van der Waals surface area contributed by atoms with Crippen LogP contribution in [-0.4, -0.2) is 25.7 Å². The second-order valence-corrected chi connectivity index (χ2v) is 3.56. The monoisotopic (exact) mass is 185 g/mol. The van der Waals surface area contributed by atoms with E-state index in [2.05, 4.69) is 5.32 Å². The summed E-state index contributed by atoms with van der Waals surface area (Å²) in [5.74, 6) is 0.631. The first-order chi connectivity index (χ1) is 6.33. The topological polar surface area (TPSA) is 38.3 Å². The van der Waals surface area contributed by atoms with E-state index in [4.69, 9.17) is 4.74 Å². The van der Waals surface area contributed by atoms with Gasteiger partial charge in [-0.1, -0.05) is 0 Å². The number of carbonyl (C=O) groups excluding carboxylic acids is 1. The zero-order valence-electron chi connectivity index (χ0n) is 8.34. The third-order valence-electron chi connectivity index (χ3n) is 2.46. The van der Waals surface area contributed by atoms with Gasteiger partial charge in [-0.15, -0.1) is 0 Å². The maximum atomic E-state index is 11.0. The Kier molecular flexibility index (Phi) is 4.83. The molecule has 0 spiro atoms. The summed E-state index contributed by atoms with van der Waals surface area (Å²) in [5, 5.41) is 3.34. The molecule has 1 N–H and O–H groups in total. The summed E-state index contributed by atoms with van der Waals surface area (Å²) >= 11 is 0. The van der Waals surface area contributed by atoms with E-state index in [1.165, 1.54) is 12.8 Å². The Balaban J connectivity index is 2.06. The number of piperidine rings is 1. The van der Waals surface area contributed by atoms with Gasteiger partial charge in [-0.3, -0.25) is 4.79 Å². The molecular formula is C10H19NO2. The van der Waals surface area contributed by atoms with Crippen molar-refractivity contribution < 1.29 is 9.53 Å². The fourth-order valence-corrected chi connectivity index (χ4v) is 1.73. The first-order valence-corrected chi connectivity index (χ1v) is 5.19. The third kappa shape index (κ3) is 4.27. The van der Waals surface area contributed by atoms with E-state index < -0.39 is 0 Å². The normalized spacial score (nSPS) is 22.7. The minimum Gasteiger partial charge on any atom is -0.466 e. The minimum absolute atomic E-state index is 0.0481. The van der Waals surface area contributed by atoms with Crippen LogP contribution < -0.4 is 5.32 Å². The highest BCUT2D eigenvalue weighted by molar-refractivity contribution is 5.69. The van der Waals surface area contributed by atoms with E-state index in [-0.39, 0.29) is 5.97 Å². The van der Waals surface area contributed by atoms with Gasteiger partial charge in [-0.2, -0.15) is 0 Å². The summed E-state index contributed by atoms with van der Waals surface area (Å²) in [5.41, 5.74) is 0. The lowest BCUT2D eigenvalue weighted by Gasteiger charge is -2.21. The molecule has 1 saturated heterocycles. The Labute approximate surface area is 79.8 Å². The van der Waals surface area contributed by atoms with Gasteiger partial charge in [0.1, 0.15) is 0 Å². The number of rotatable bonds is 4. The zero-order chi connectivity index (χ0) is 9.52. The molecule has 0 aromatic heterocycles. The number of esters is 1. The quantitative estimate of drug-likeness (QED) is 0.671. The van der Waals surface area contributed by atoms with Gasteiger partial charge >= 0.3 is 5.97 Å². The SMILES string of the molecule is CCOC(=O)CCC1CCCNC1. The molecule has 3 heteroatoms. The summed E-state index contributed by atoms with van der Waals surface area (Å²) < 4.78 is 4.87. The Morgan fingerprint density at radius 1 is 1.62 bits per heavy atom. The maximum absolute atomic E-state index is 11.0. The second-order valence-electron chi connectivity index (χ2n) is 3.56. The summed E-state index contributed by atoms with van der Waals surface area (Å²) in [4.78, 5) is 11.0. The van der Waals surface area contributed by atoms with E-state index in [1.54, 1.807) is 0 Å². The highest BCUT2D eigenvalue weighted by Gasteiger charge is 2.14. The highest BCUT2D eigenvalue weighted by atomic mass is 16.5. The molecule has 0 aromatic rings. The number of hydrogen-bond acceptors (Lipinski definition) is 3. The smallest absolute Gasteiger partial charge is 0.305 e. The van der Waals surface area contributed by atoms with Crippen LogP contribution >= 0.6 is 0 Å². The van der Waals surface area contributed by atoms with Gasteiger partial charge in [0.2, 0.25) is 0 Å². The fourth-order valence-electron chi connectivity index (χ4n) is 1.73. The van der Waals surface area contributed by atoms with Gasteiger partial charge in [0.25, 0.3) is 0 Å². The average molecular weight is 185 g/mol. The van der Waals surface area contributed by atoms with Crippen molar-refractivity contribution in [3.8, 4) is 0 Å². The second kappa shape index (κ2) is 5.97. The fraction of sp³-hybridized carbons (Fsp3) is 0.900. The van der Waals surface area contributed by atoms with Crippen molar-refractivity contribution in [1.82, 2.24) is 5.32 Å². The molecule has 13 heavy (non-hydrogen) atoms. The van der Waals surface area contributed by atoms with Gasteiger partial charge in [0.15, 0.2) is 0 Å². The Bertz CT molecular complexity index is 153. The molecule has 1 aliphatic rings. The Morgan fingerprint density at radius 3 is 3.08 bits per heavy atom. The Morgan fingerprint density at radius 2 is 2.46 bits per heavy atom. The summed E-state index contributed by atoms with van der Waals surface area (Å²) in [6.07, 6.45) is 4.06. The summed E-state index contributed by atoms with van der Waals surface area (Å²) in [6.45, 7) is 4.55. The molecule has 0 aromatic carbocycles. The van der Waals surface area contributed by atoms with E-state index in [1.807, 2.05) is 6.92 Å². The maximum Gasteiger partial charge on any atom is 0.305 e. The number of ether oxygens (including phenoxy) is 1. The molecule has 0 aliphatic carbocycles. The van der Waals surface area contributed by atoms with Crippen LogP contribution in [-0.2, 0) is 9.53 Å². The van der Waals surface area contributed by atoms with Crippen LogP contribution in [0.25, 0.3) is 0 Å². The zero-order valence-corrected chi connectivity index (χ0v) is 8.34. The summed E-state index contributed by atoms with van der Waals surface area (Å²) in [6, 6.07) is 0. The lowest BCUT2D eigenvalue weighted by Crippen LogP contribution is -2.30. The lowest BCUT2D eigenvalue weighted by molar-refractivity contribution is -0.143. The molecule has 1 rings (SSSR count). The molecule has 0 amide bonds.